The van der Waals surface area contributed by atoms with E-state index in [0.29, 0.717) is 6.20 Å². The van der Waals surface area contributed by atoms with Gasteiger partial charge in [-0.05, 0) is 5.56 Å². The molecule has 0 aliphatic heterocycles. The highest BCUT2D eigenvalue weighted by molar-refractivity contribution is 5.73. The van der Waals surface area contributed by atoms with Crippen LogP contribution in [0.5, 0.6) is 5.75 Å². The summed E-state index contributed by atoms with van der Waals surface area (Å²) in [5.74, 6) is -2.04. The molecule has 0 N–H and O–H groups in total. The molecule has 1 heterocycles. The molecule has 0 spiro atoms. The normalized spacial score (nSPS) is 11.6. The minimum atomic E-state index is -4.97. The molecule has 0 aliphatic carbocycles. The molecule has 20 heavy (non-hydrogen) atoms. The van der Waals surface area contributed by atoms with Crippen LogP contribution in [0.3, 0.4) is 0 Å². The number of rotatable bonds is 4. The van der Waals surface area contributed by atoms with Crippen LogP contribution >= 0.6 is 0 Å². The van der Waals surface area contributed by atoms with Gasteiger partial charge in [-0.2, -0.15) is 13.2 Å². The van der Waals surface area contributed by atoms with Crippen molar-refractivity contribution in [1.29, 1.82) is 0 Å². The number of hydrogen-bond acceptors (Lipinski definition) is 4. The minimum Gasteiger partial charge on any atom is -0.494 e. The Balaban J connectivity index is 3.50. The largest absolute Gasteiger partial charge is 0.494 e. The standard InChI is InChI=1S/C11H10F5NO3/c1-19-6(18)3-5-4-17-8(10(12)13)9(20-2)7(5)11(14,15)16/h4,10H,3H2,1-2H3. The van der Waals surface area contributed by atoms with Gasteiger partial charge in [0.05, 0.1) is 20.6 Å². The van der Waals surface area contributed by atoms with E-state index in [-0.39, 0.29) is 0 Å². The van der Waals surface area contributed by atoms with E-state index < -0.39 is 47.6 Å². The predicted octanol–water partition coefficient (Wildman–Crippen LogP) is 2.76. The molecular weight excluding hydrogens is 289 g/mol. The summed E-state index contributed by atoms with van der Waals surface area (Å²) < 4.78 is 72.9. The highest BCUT2D eigenvalue weighted by Crippen LogP contribution is 2.42. The van der Waals surface area contributed by atoms with Crippen LogP contribution in [-0.4, -0.2) is 25.2 Å². The van der Waals surface area contributed by atoms with E-state index in [1.807, 2.05) is 0 Å². The smallest absolute Gasteiger partial charge is 0.420 e. The average molecular weight is 299 g/mol. The van der Waals surface area contributed by atoms with E-state index in [4.69, 9.17) is 0 Å². The first-order chi connectivity index (χ1) is 9.22. The van der Waals surface area contributed by atoms with Gasteiger partial charge in [-0.25, -0.2) is 8.78 Å². The van der Waals surface area contributed by atoms with Gasteiger partial charge >= 0.3 is 12.1 Å². The van der Waals surface area contributed by atoms with Crippen molar-refractivity contribution < 1.29 is 36.2 Å². The quantitative estimate of drug-likeness (QED) is 0.633. The van der Waals surface area contributed by atoms with Crippen molar-refractivity contribution in [2.24, 2.45) is 0 Å². The first-order valence-electron chi connectivity index (χ1n) is 5.20. The van der Waals surface area contributed by atoms with Gasteiger partial charge in [0.1, 0.15) is 11.3 Å². The molecule has 0 bridgehead atoms. The van der Waals surface area contributed by atoms with Gasteiger partial charge in [-0.15, -0.1) is 0 Å². The van der Waals surface area contributed by atoms with E-state index in [0.717, 1.165) is 14.2 Å². The molecule has 9 heteroatoms. The lowest BCUT2D eigenvalue weighted by Gasteiger charge is -2.18. The maximum atomic E-state index is 13.0. The number of pyridine rings is 1. The second kappa shape index (κ2) is 6.02. The highest BCUT2D eigenvalue weighted by atomic mass is 19.4. The van der Waals surface area contributed by atoms with E-state index in [9.17, 15) is 26.7 Å². The zero-order valence-electron chi connectivity index (χ0n) is 10.4. The Hall–Kier alpha value is -1.93. The van der Waals surface area contributed by atoms with Gasteiger partial charge in [-0.1, -0.05) is 0 Å². The number of aromatic nitrogens is 1. The summed E-state index contributed by atoms with van der Waals surface area (Å²) in [5, 5.41) is 0. The Morgan fingerprint density at radius 2 is 1.95 bits per heavy atom. The van der Waals surface area contributed by atoms with Gasteiger partial charge in [0.15, 0.2) is 5.75 Å². The lowest BCUT2D eigenvalue weighted by molar-refractivity contribution is -0.142. The Morgan fingerprint density at radius 1 is 1.35 bits per heavy atom. The fraction of sp³-hybridized carbons (Fsp3) is 0.455. The second-order valence-electron chi connectivity index (χ2n) is 3.63. The van der Waals surface area contributed by atoms with Gasteiger partial charge in [0, 0.05) is 6.20 Å². The van der Waals surface area contributed by atoms with Crippen LogP contribution in [0, 0.1) is 0 Å². The zero-order chi connectivity index (χ0) is 15.5. The van der Waals surface area contributed by atoms with Crippen LogP contribution in [0.4, 0.5) is 22.0 Å². The molecule has 0 radical (unpaired) electrons. The molecule has 0 amide bonds. The molecule has 0 atom stereocenters. The number of methoxy groups -OCH3 is 2. The van der Waals surface area contributed by atoms with Crippen LogP contribution in [0.1, 0.15) is 23.2 Å². The number of carbonyl (C=O) groups is 1. The Labute approximate surface area is 110 Å². The molecule has 1 aromatic heterocycles. The molecular formula is C11H10F5NO3. The van der Waals surface area contributed by atoms with E-state index in [2.05, 4.69) is 14.5 Å². The van der Waals surface area contributed by atoms with Gasteiger partial charge in [0.25, 0.3) is 6.43 Å². The predicted molar refractivity (Wildman–Crippen MR) is 56.5 cm³/mol. The molecule has 1 aromatic rings. The first-order valence-corrected chi connectivity index (χ1v) is 5.20. The van der Waals surface area contributed by atoms with Crippen LogP contribution in [0.2, 0.25) is 0 Å². The summed E-state index contributed by atoms with van der Waals surface area (Å²) in [6.45, 7) is 0. The number of esters is 1. The average Bonchev–Trinajstić information content (AvgIpc) is 2.35. The number of carbonyl (C=O) groups excluding carboxylic acids is 1. The summed E-state index contributed by atoms with van der Waals surface area (Å²) in [5.41, 5.74) is -3.17. The maximum absolute atomic E-state index is 13.0. The summed E-state index contributed by atoms with van der Waals surface area (Å²) in [4.78, 5) is 14.3. The summed E-state index contributed by atoms with van der Waals surface area (Å²) >= 11 is 0. The third-order valence-electron chi connectivity index (χ3n) is 2.40. The first kappa shape index (κ1) is 16.1. The van der Waals surface area contributed by atoms with Gasteiger partial charge in [-0.3, -0.25) is 9.78 Å². The topological polar surface area (TPSA) is 48.4 Å². The maximum Gasteiger partial charge on any atom is 0.420 e. The summed E-state index contributed by atoms with van der Waals surface area (Å²) in [6.07, 6.45) is -8.39. The molecule has 0 saturated heterocycles. The Kier molecular flexibility index (Phi) is 4.85. The molecule has 0 aliphatic rings. The summed E-state index contributed by atoms with van der Waals surface area (Å²) in [6, 6.07) is 0. The number of ether oxygens (including phenoxy) is 2. The Morgan fingerprint density at radius 3 is 2.35 bits per heavy atom. The number of halogens is 5. The van der Waals surface area contributed by atoms with E-state index >= 15 is 0 Å². The fourth-order valence-corrected chi connectivity index (χ4v) is 1.58. The Bertz CT molecular complexity index is 502. The summed E-state index contributed by atoms with van der Waals surface area (Å²) in [7, 11) is 1.81. The third kappa shape index (κ3) is 3.34. The van der Waals surface area contributed by atoms with Crippen molar-refractivity contribution in [1.82, 2.24) is 4.98 Å². The zero-order valence-corrected chi connectivity index (χ0v) is 10.4. The van der Waals surface area contributed by atoms with Gasteiger partial charge in [0.2, 0.25) is 0 Å². The second-order valence-corrected chi connectivity index (χ2v) is 3.63. The molecule has 112 valence electrons. The van der Waals surface area contributed by atoms with Crippen molar-refractivity contribution in [3.05, 3.63) is 23.0 Å². The van der Waals surface area contributed by atoms with Crippen molar-refractivity contribution in [3.63, 3.8) is 0 Å². The highest BCUT2D eigenvalue weighted by Gasteiger charge is 2.40. The lowest BCUT2D eigenvalue weighted by atomic mass is 10.0. The van der Waals surface area contributed by atoms with Crippen LogP contribution in [0.25, 0.3) is 0 Å². The third-order valence-corrected chi connectivity index (χ3v) is 2.40. The van der Waals surface area contributed by atoms with Crippen LogP contribution < -0.4 is 4.74 Å². The van der Waals surface area contributed by atoms with E-state index in [1.165, 1.54) is 0 Å². The molecule has 1 rings (SSSR count). The molecule has 4 nitrogen and oxygen atoms in total. The fourth-order valence-electron chi connectivity index (χ4n) is 1.58. The number of hydrogen-bond donors (Lipinski definition) is 0. The van der Waals surface area contributed by atoms with Crippen molar-refractivity contribution in [2.45, 2.75) is 19.0 Å². The number of alkyl halides is 5. The SMILES string of the molecule is COC(=O)Cc1cnc(C(F)F)c(OC)c1C(F)(F)F. The van der Waals surface area contributed by atoms with E-state index in [1.54, 1.807) is 0 Å². The molecule has 0 fully saturated rings. The lowest BCUT2D eigenvalue weighted by Crippen LogP contribution is -2.17. The van der Waals surface area contributed by atoms with Crippen molar-refractivity contribution >= 4 is 5.97 Å². The number of nitrogens with zero attached hydrogens (tertiary/aromatic N) is 1. The molecule has 0 aromatic carbocycles. The van der Waals surface area contributed by atoms with Gasteiger partial charge < -0.3 is 9.47 Å². The monoisotopic (exact) mass is 299 g/mol. The van der Waals surface area contributed by atoms with Crippen molar-refractivity contribution in [2.75, 3.05) is 14.2 Å². The minimum absolute atomic E-state index is 0.573. The molecule has 0 unspecified atom stereocenters. The van der Waals surface area contributed by atoms with Crippen molar-refractivity contribution in [3.8, 4) is 5.75 Å². The molecule has 0 saturated carbocycles. The van der Waals surface area contributed by atoms with Crippen LogP contribution in [0.15, 0.2) is 6.20 Å². The van der Waals surface area contributed by atoms with Crippen LogP contribution in [-0.2, 0) is 22.1 Å².